The summed E-state index contributed by atoms with van der Waals surface area (Å²) in [6.07, 6.45) is 4.23. The fraction of sp³-hybridized carbons (Fsp3) is 0.453. The molecule has 5 amide bonds. The molecule has 1 aliphatic carbocycles. The van der Waals surface area contributed by atoms with Crippen molar-refractivity contribution in [1.82, 2.24) is 36.4 Å². The van der Waals surface area contributed by atoms with Crippen molar-refractivity contribution < 1.29 is 24.0 Å². The maximum absolute atomic E-state index is 14.1. The highest BCUT2D eigenvalue weighted by Gasteiger charge is 2.45. The highest BCUT2D eigenvalue weighted by Crippen LogP contribution is 2.32. The van der Waals surface area contributed by atoms with Gasteiger partial charge in [0.05, 0.1) is 18.6 Å². The first-order chi connectivity index (χ1) is 31.6. The second-order valence-corrected chi connectivity index (χ2v) is 19.5. The molecule has 5 unspecified atom stereocenters. The van der Waals surface area contributed by atoms with Crippen LogP contribution in [0.3, 0.4) is 0 Å². The van der Waals surface area contributed by atoms with Crippen LogP contribution in [-0.2, 0) is 51.5 Å². The van der Waals surface area contributed by atoms with Crippen molar-refractivity contribution in [2.45, 2.75) is 116 Å². The molecule has 1 saturated heterocycles. The number of amides is 5. The van der Waals surface area contributed by atoms with Gasteiger partial charge in [0.1, 0.15) is 12.1 Å². The van der Waals surface area contributed by atoms with E-state index < -0.39 is 29.6 Å². The molecule has 66 heavy (non-hydrogen) atoms. The average Bonchev–Trinajstić information content (AvgIpc) is 3.72. The number of aryl methyl sites for hydroxylation is 1. The minimum Gasteiger partial charge on any atom is -0.370 e. The first-order valence-corrected chi connectivity index (χ1v) is 23.5. The normalized spacial score (nSPS) is 20.0. The molecule has 5 N–H and O–H groups in total. The summed E-state index contributed by atoms with van der Waals surface area (Å²) in [7, 11) is 5.47. The molecule has 13 heteroatoms. The molecule has 13 nitrogen and oxygen atoms in total. The largest absolute Gasteiger partial charge is 0.370 e. The van der Waals surface area contributed by atoms with Gasteiger partial charge in [0.25, 0.3) is 5.91 Å². The Morgan fingerprint density at radius 3 is 2.14 bits per heavy atom. The number of likely N-dealkylation sites (N-methyl/N-ethyl adjacent to an activating group) is 2. The van der Waals surface area contributed by atoms with Gasteiger partial charge in [0.2, 0.25) is 23.6 Å². The minimum atomic E-state index is -0.725. The van der Waals surface area contributed by atoms with Gasteiger partial charge in [-0.15, -0.1) is 0 Å². The van der Waals surface area contributed by atoms with Crippen molar-refractivity contribution >= 4 is 35.2 Å². The number of carbonyl (C=O) groups is 5. The zero-order valence-corrected chi connectivity index (χ0v) is 39.7. The predicted molar refractivity (Wildman–Crippen MR) is 259 cm³/mol. The Hall–Kier alpha value is -6.05. The third-order valence-electron chi connectivity index (χ3n) is 13.5. The van der Waals surface area contributed by atoms with Gasteiger partial charge in [0.15, 0.2) is 0 Å². The average molecular weight is 897 g/mol. The minimum absolute atomic E-state index is 0.00824. The summed E-state index contributed by atoms with van der Waals surface area (Å²) in [6, 6.07) is 29.5. The number of benzene rings is 4. The quantitative estimate of drug-likeness (QED) is 0.111. The lowest BCUT2D eigenvalue weighted by Crippen LogP contribution is -2.56. The highest BCUT2D eigenvalue weighted by atomic mass is 16.2. The first-order valence-electron chi connectivity index (χ1n) is 23.5. The summed E-state index contributed by atoms with van der Waals surface area (Å²) in [6.45, 7) is 9.50. The Labute approximate surface area is 390 Å². The van der Waals surface area contributed by atoms with Crippen LogP contribution in [0.1, 0.15) is 96.7 Å². The third-order valence-corrected chi connectivity index (χ3v) is 13.5. The number of hydrogen-bond donors (Lipinski definition) is 5. The SMILES string of the molecule is CNCC(=O)NC(Cc1ccc(N(C)Cc2ccc(C(=O)N[C@H]3CC(C(=O)NC4CCCc5ccccc54)N(C(=O)C(NC)C(C)(C)C)C3)cc2)cc1)C(=O)N1Cc2ccccc2CC1C. The molecule has 4 aromatic carbocycles. The number of fused-ring (bicyclic) bond motifs is 2. The van der Waals surface area contributed by atoms with E-state index >= 15 is 0 Å². The van der Waals surface area contributed by atoms with Crippen LogP contribution >= 0.6 is 0 Å². The van der Waals surface area contributed by atoms with E-state index in [4.69, 9.17) is 0 Å². The van der Waals surface area contributed by atoms with Crippen molar-refractivity contribution in [3.05, 3.63) is 136 Å². The Balaban J connectivity index is 0.969. The number of rotatable bonds is 15. The lowest BCUT2D eigenvalue weighted by molar-refractivity contribution is -0.142. The van der Waals surface area contributed by atoms with Crippen LogP contribution in [0.5, 0.6) is 0 Å². The Kier molecular flexibility index (Phi) is 15.3. The maximum atomic E-state index is 14.1. The van der Waals surface area contributed by atoms with Gasteiger partial charge in [-0.1, -0.05) is 93.6 Å². The van der Waals surface area contributed by atoms with Gasteiger partial charge in [-0.25, -0.2) is 0 Å². The zero-order valence-electron chi connectivity index (χ0n) is 39.7. The molecule has 3 aliphatic rings. The molecule has 2 aliphatic heterocycles. The third kappa shape index (κ3) is 11.3. The van der Waals surface area contributed by atoms with E-state index in [0.717, 1.165) is 53.6 Å². The van der Waals surface area contributed by atoms with Gasteiger partial charge in [0, 0.05) is 56.4 Å². The number of carbonyl (C=O) groups excluding carboxylic acids is 5. The Bertz CT molecular complexity index is 2360. The van der Waals surface area contributed by atoms with E-state index in [-0.39, 0.29) is 54.7 Å². The smallest absolute Gasteiger partial charge is 0.251 e. The first kappa shape index (κ1) is 47.9. The maximum Gasteiger partial charge on any atom is 0.251 e. The zero-order chi connectivity index (χ0) is 47.1. The van der Waals surface area contributed by atoms with E-state index in [1.807, 2.05) is 106 Å². The summed E-state index contributed by atoms with van der Waals surface area (Å²) < 4.78 is 0. The summed E-state index contributed by atoms with van der Waals surface area (Å²) in [5.74, 6) is -0.935. The predicted octanol–water partition coefficient (Wildman–Crippen LogP) is 5.07. The van der Waals surface area contributed by atoms with Crippen LogP contribution in [0.25, 0.3) is 0 Å². The molecular weight excluding hydrogens is 829 g/mol. The molecular formula is C53H68N8O5. The van der Waals surface area contributed by atoms with Gasteiger partial charge in [-0.3, -0.25) is 24.0 Å². The Morgan fingerprint density at radius 1 is 0.788 bits per heavy atom. The van der Waals surface area contributed by atoms with E-state index in [0.29, 0.717) is 31.5 Å². The van der Waals surface area contributed by atoms with Gasteiger partial charge < -0.3 is 41.3 Å². The molecule has 4 aromatic rings. The molecule has 1 fully saturated rings. The lowest BCUT2D eigenvalue weighted by atomic mass is 9.85. The van der Waals surface area contributed by atoms with E-state index in [9.17, 15) is 24.0 Å². The molecule has 350 valence electrons. The fourth-order valence-electron chi connectivity index (χ4n) is 9.99. The number of hydrogen-bond acceptors (Lipinski definition) is 8. The van der Waals surface area contributed by atoms with Crippen LogP contribution in [0, 0.1) is 5.41 Å². The summed E-state index contributed by atoms with van der Waals surface area (Å²) in [5.41, 5.74) is 7.78. The fourth-order valence-corrected chi connectivity index (χ4v) is 9.99. The molecule has 6 atom stereocenters. The van der Waals surface area contributed by atoms with Crippen LogP contribution in [-0.4, -0.2) is 104 Å². The van der Waals surface area contributed by atoms with Gasteiger partial charge in [-0.05, 0) is 116 Å². The monoisotopic (exact) mass is 897 g/mol. The number of anilines is 1. The van der Waals surface area contributed by atoms with Crippen molar-refractivity contribution in [1.29, 1.82) is 0 Å². The topological polar surface area (TPSA) is 155 Å². The van der Waals surface area contributed by atoms with Gasteiger partial charge >= 0.3 is 0 Å². The van der Waals surface area contributed by atoms with Crippen molar-refractivity contribution in [3.8, 4) is 0 Å². The molecule has 0 aromatic heterocycles. The van der Waals surface area contributed by atoms with Crippen LogP contribution in [0.15, 0.2) is 97.1 Å². The molecule has 7 rings (SSSR count). The van der Waals surface area contributed by atoms with Crippen LogP contribution in [0.2, 0.25) is 0 Å². The van der Waals surface area contributed by atoms with Crippen LogP contribution in [0.4, 0.5) is 5.69 Å². The number of likely N-dealkylation sites (tertiary alicyclic amines) is 1. The second-order valence-electron chi connectivity index (χ2n) is 19.5. The van der Waals surface area contributed by atoms with Crippen LogP contribution < -0.4 is 31.5 Å². The number of nitrogens with one attached hydrogen (secondary N) is 5. The van der Waals surface area contributed by atoms with Crippen molar-refractivity contribution in [2.24, 2.45) is 5.41 Å². The standard InChI is InChI=1S/C53H68N8O5/c1-34-27-39-14-8-9-15-40(39)32-60(34)51(65)45(57-47(62)30-54-5)28-35-21-25-42(26-22-35)59(7)31-36-19-23-38(24-20-36)49(63)56-41-29-46(61(33-41)52(66)48(55-6)53(2,3)4)50(64)58-44-18-12-16-37-13-10-11-17-43(37)44/h8-11,13-15,17,19-26,34,41,44-46,48,54-55H,12,16,18,27-33H2,1-7H3,(H,56,63)(H,57,62)(H,58,64)/t34?,41-,44?,45?,46?,48?/m0/s1. The van der Waals surface area contributed by atoms with Gasteiger partial charge in [-0.2, -0.15) is 0 Å². The summed E-state index contributed by atoms with van der Waals surface area (Å²) >= 11 is 0. The summed E-state index contributed by atoms with van der Waals surface area (Å²) in [5, 5.41) is 15.5. The molecule has 0 saturated carbocycles. The molecule has 2 heterocycles. The molecule has 0 bridgehead atoms. The van der Waals surface area contributed by atoms with E-state index in [2.05, 4.69) is 62.7 Å². The highest BCUT2D eigenvalue weighted by molar-refractivity contribution is 5.95. The molecule has 0 spiro atoms. The molecule has 0 radical (unpaired) electrons. The Morgan fingerprint density at radius 2 is 1.45 bits per heavy atom. The van der Waals surface area contributed by atoms with Crippen molar-refractivity contribution in [2.75, 3.05) is 39.1 Å². The summed E-state index contributed by atoms with van der Waals surface area (Å²) in [4.78, 5) is 74.4. The van der Waals surface area contributed by atoms with Crippen molar-refractivity contribution in [3.63, 3.8) is 0 Å². The van der Waals surface area contributed by atoms with E-state index in [1.54, 1.807) is 19.0 Å². The van der Waals surface area contributed by atoms with E-state index in [1.165, 1.54) is 11.1 Å². The lowest BCUT2D eigenvalue weighted by Gasteiger charge is -2.37. The second kappa shape index (κ2) is 21.1. The number of nitrogens with zero attached hydrogens (tertiary/aromatic N) is 3.